The van der Waals surface area contributed by atoms with E-state index in [1.165, 1.54) is 70.6 Å². The quantitative estimate of drug-likeness (QED) is 0.285. The van der Waals surface area contributed by atoms with Crippen molar-refractivity contribution in [2.75, 3.05) is 36.5 Å². The van der Waals surface area contributed by atoms with Crippen LogP contribution in [0.5, 0.6) is 0 Å². The Morgan fingerprint density at radius 2 is 1.91 bits per heavy atom. The number of hydrogen-bond acceptors (Lipinski definition) is 5. The van der Waals surface area contributed by atoms with Gasteiger partial charge in [0, 0.05) is 24.4 Å². The van der Waals surface area contributed by atoms with Crippen LogP contribution in [-0.2, 0) is 4.74 Å². The maximum Gasteiger partial charge on any atom is 0.275 e. The lowest BCUT2D eigenvalue weighted by Crippen LogP contribution is -2.36. The number of carbonyl (C=O) groups is 1. The highest BCUT2D eigenvalue weighted by molar-refractivity contribution is 7.10. The zero-order valence-electron chi connectivity index (χ0n) is 20.8. The minimum Gasteiger partial charge on any atom is -0.378 e. The van der Waals surface area contributed by atoms with E-state index in [1.807, 2.05) is 23.6 Å². The van der Waals surface area contributed by atoms with E-state index in [0.29, 0.717) is 11.6 Å². The highest BCUT2D eigenvalue weighted by atomic mass is 32.1. The molecule has 4 rings (SSSR count). The zero-order chi connectivity index (χ0) is 23.6. The SMILES string of the molecule is CCCCCCCC1CCCC(c2nc(C(=O)Nc3ccccc3N3CCOCC3)cs2)CC1. The molecule has 2 fully saturated rings. The van der Waals surface area contributed by atoms with Gasteiger partial charge in [-0.25, -0.2) is 4.98 Å². The van der Waals surface area contributed by atoms with Gasteiger partial charge < -0.3 is 15.0 Å². The van der Waals surface area contributed by atoms with Crippen LogP contribution in [0.1, 0.15) is 99.0 Å². The second kappa shape index (κ2) is 13.2. The molecule has 1 amide bonds. The van der Waals surface area contributed by atoms with Crippen LogP contribution in [0.15, 0.2) is 29.6 Å². The standard InChI is InChI=1S/C28H41N3O2S/c1-2-3-4-5-6-10-22-11-9-12-23(16-15-22)28-30-25(21-34-28)27(32)29-24-13-7-8-14-26(24)31-17-19-33-20-18-31/h7-8,13-14,21-23H,2-6,9-12,15-20H2,1H3,(H,29,32). The molecule has 2 atom stereocenters. The molecular formula is C28H41N3O2S. The highest BCUT2D eigenvalue weighted by Crippen LogP contribution is 2.37. The molecule has 1 aliphatic heterocycles. The van der Waals surface area contributed by atoms with E-state index in [9.17, 15) is 4.79 Å². The number of amides is 1. The van der Waals surface area contributed by atoms with Crippen molar-refractivity contribution in [3.05, 3.63) is 40.3 Å². The normalized spacial score (nSPS) is 21.3. The predicted octanol–water partition coefficient (Wildman–Crippen LogP) is 7.26. The number of carbonyl (C=O) groups excluding carboxylic acids is 1. The lowest BCUT2D eigenvalue weighted by molar-refractivity contribution is 0.102. The van der Waals surface area contributed by atoms with E-state index in [1.54, 1.807) is 11.3 Å². The van der Waals surface area contributed by atoms with Crippen LogP contribution < -0.4 is 10.2 Å². The van der Waals surface area contributed by atoms with Crippen molar-refractivity contribution >= 4 is 28.6 Å². The average Bonchev–Trinajstić information content (AvgIpc) is 3.25. The largest absolute Gasteiger partial charge is 0.378 e. The first-order valence-corrected chi connectivity index (χ1v) is 14.3. The lowest BCUT2D eigenvalue weighted by Gasteiger charge is -2.30. The number of ether oxygens (including phenoxy) is 1. The molecule has 1 saturated carbocycles. The number of aromatic nitrogens is 1. The molecule has 6 heteroatoms. The third kappa shape index (κ3) is 7.05. The van der Waals surface area contributed by atoms with Crippen LogP contribution in [0, 0.1) is 5.92 Å². The fraction of sp³-hybridized carbons (Fsp3) is 0.643. The monoisotopic (exact) mass is 483 g/mol. The Morgan fingerprint density at radius 3 is 2.76 bits per heavy atom. The van der Waals surface area contributed by atoms with Gasteiger partial charge in [0.2, 0.25) is 0 Å². The van der Waals surface area contributed by atoms with Crippen molar-refractivity contribution in [1.82, 2.24) is 4.98 Å². The molecule has 0 radical (unpaired) electrons. The number of rotatable bonds is 10. The van der Waals surface area contributed by atoms with Crippen LogP contribution in [0.2, 0.25) is 0 Å². The molecule has 1 N–H and O–H groups in total. The van der Waals surface area contributed by atoms with E-state index in [0.717, 1.165) is 48.6 Å². The predicted molar refractivity (Wildman–Crippen MR) is 142 cm³/mol. The first kappa shape index (κ1) is 25.2. The third-order valence-electron chi connectivity index (χ3n) is 7.41. The Morgan fingerprint density at radius 1 is 1.09 bits per heavy atom. The van der Waals surface area contributed by atoms with E-state index < -0.39 is 0 Å². The number of thiazole rings is 1. The van der Waals surface area contributed by atoms with Crippen molar-refractivity contribution < 1.29 is 9.53 Å². The van der Waals surface area contributed by atoms with Gasteiger partial charge >= 0.3 is 0 Å². The van der Waals surface area contributed by atoms with E-state index in [4.69, 9.17) is 9.72 Å². The Balaban J connectivity index is 1.31. The summed E-state index contributed by atoms with van der Waals surface area (Å²) >= 11 is 1.67. The van der Waals surface area contributed by atoms with Crippen LogP contribution in [0.3, 0.4) is 0 Å². The van der Waals surface area contributed by atoms with Gasteiger partial charge in [0.15, 0.2) is 0 Å². The zero-order valence-corrected chi connectivity index (χ0v) is 21.6. The molecule has 2 aromatic rings. The molecule has 2 aliphatic rings. The summed E-state index contributed by atoms with van der Waals surface area (Å²) in [4.78, 5) is 20.1. The highest BCUT2D eigenvalue weighted by Gasteiger charge is 2.24. The number of para-hydroxylation sites is 2. The molecule has 2 heterocycles. The lowest BCUT2D eigenvalue weighted by atomic mass is 9.93. The first-order chi connectivity index (χ1) is 16.7. The topological polar surface area (TPSA) is 54.5 Å². The van der Waals surface area contributed by atoms with Crippen molar-refractivity contribution in [2.45, 2.75) is 83.5 Å². The first-order valence-electron chi connectivity index (χ1n) is 13.4. The van der Waals surface area contributed by atoms with Gasteiger partial charge in [-0.2, -0.15) is 0 Å². The summed E-state index contributed by atoms with van der Waals surface area (Å²) in [5.74, 6) is 1.28. The smallest absolute Gasteiger partial charge is 0.275 e. The molecule has 0 bridgehead atoms. The van der Waals surface area contributed by atoms with Crippen LogP contribution in [0.25, 0.3) is 0 Å². The minimum atomic E-state index is -0.109. The summed E-state index contributed by atoms with van der Waals surface area (Å²) in [5.41, 5.74) is 2.45. The van der Waals surface area contributed by atoms with Gasteiger partial charge in [-0.15, -0.1) is 11.3 Å². The van der Waals surface area contributed by atoms with E-state index in [2.05, 4.69) is 23.2 Å². The third-order valence-corrected chi connectivity index (χ3v) is 8.42. The van der Waals surface area contributed by atoms with Crippen LogP contribution in [-0.4, -0.2) is 37.2 Å². The summed E-state index contributed by atoms with van der Waals surface area (Å²) in [7, 11) is 0. The Kier molecular flexibility index (Phi) is 9.81. The summed E-state index contributed by atoms with van der Waals surface area (Å²) in [6.45, 7) is 5.41. The van der Waals surface area contributed by atoms with Crippen molar-refractivity contribution in [2.24, 2.45) is 5.92 Å². The summed E-state index contributed by atoms with van der Waals surface area (Å²) in [6.07, 6.45) is 14.7. The Bertz CT molecular complexity index is 893. The maximum absolute atomic E-state index is 13.0. The molecule has 186 valence electrons. The molecule has 1 saturated heterocycles. The van der Waals surface area contributed by atoms with Crippen molar-refractivity contribution in [3.63, 3.8) is 0 Å². The van der Waals surface area contributed by atoms with Crippen molar-refractivity contribution in [3.8, 4) is 0 Å². The number of morpholine rings is 1. The van der Waals surface area contributed by atoms with Crippen LogP contribution in [0.4, 0.5) is 11.4 Å². The summed E-state index contributed by atoms with van der Waals surface area (Å²) < 4.78 is 5.48. The van der Waals surface area contributed by atoms with Gasteiger partial charge in [-0.1, -0.05) is 70.4 Å². The minimum absolute atomic E-state index is 0.109. The molecule has 5 nitrogen and oxygen atoms in total. The molecule has 1 aromatic carbocycles. The number of hydrogen-bond donors (Lipinski definition) is 1. The van der Waals surface area contributed by atoms with Crippen molar-refractivity contribution in [1.29, 1.82) is 0 Å². The van der Waals surface area contributed by atoms with E-state index in [-0.39, 0.29) is 5.91 Å². The second-order valence-corrected chi connectivity index (χ2v) is 10.8. The fourth-order valence-corrected chi connectivity index (χ4v) is 6.35. The molecule has 34 heavy (non-hydrogen) atoms. The van der Waals surface area contributed by atoms with Gasteiger partial charge in [0.05, 0.1) is 29.6 Å². The molecule has 1 aromatic heterocycles. The maximum atomic E-state index is 13.0. The van der Waals surface area contributed by atoms with Gasteiger partial charge in [-0.05, 0) is 37.3 Å². The van der Waals surface area contributed by atoms with Gasteiger partial charge in [0.1, 0.15) is 5.69 Å². The Labute approximate surface area is 209 Å². The summed E-state index contributed by atoms with van der Waals surface area (Å²) in [6, 6.07) is 8.03. The number of nitrogens with one attached hydrogen (secondary N) is 1. The molecule has 1 aliphatic carbocycles. The average molecular weight is 484 g/mol. The second-order valence-electron chi connectivity index (χ2n) is 9.92. The van der Waals surface area contributed by atoms with Crippen LogP contribution >= 0.6 is 11.3 Å². The van der Waals surface area contributed by atoms with E-state index >= 15 is 0 Å². The fourth-order valence-electron chi connectivity index (χ4n) is 5.38. The number of unbranched alkanes of at least 4 members (excludes halogenated alkanes) is 4. The number of nitrogens with zero attached hydrogens (tertiary/aromatic N) is 2. The molecular weight excluding hydrogens is 442 g/mol. The summed E-state index contributed by atoms with van der Waals surface area (Å²) in [5, 5.41) is 6.21. The number of benzene rings is 1. The number of anilines is 2. The van der Waals surface area contributed by atoms with Gasteiger partial charge in [0.25, 0.3) is 5.91 Å². The molecule has 0 spiro atoms. The molecule has 2 unspecified atom stereocenters. The Hall–Kier alpha value is -1.92. The van der Waals surface area contributed by atoms with Gasteiger partial charge in [-0.3, -0.25) is 4.79 Å².